The number of rotatable bonds is 3. The molecule has 3 aromatic rings. The van der Waals surface area contributed by atoms with Crippen LogP contribution in [0, 0.1) is 0 Å². The molecule has 0 aliphatic rings. The van der Waals surface area contributed by atoms with Crippen molar-refractivity contribution in [2.75, 3.05) is 11.5 Å². The van der Waals surface area contributed by atoms with E-state index in [1.807, 2.05) is 24.3 Å². The fourth-order valence-electron chi connectivity index (χ4n) is 2.00. The number of anilines is 2. The predicted octanol–water partition coefficient (Wildman–Crippen LogP) is 3.15. The third-order valence-electron chi connectivity index (χ3n) is 3.16. The zero-order valence-corrected chi connectivity index (χ0v) is 12.1. The van der Waals surface area contributed by atoms with Gasteiger partial charge in [-0.05, 0) is 24.3 Å². The molecule has 0 saturated carbocycles. The van der Waals surface area contributed by atoms with E-state index < -0.39 is 0 Å². The first-order valence-electron chi connectivity index (χ1n) is 6.87. The molecule has 4 N–H and O–H groups in total. The number of carbonyl (C=O) groups excluding carboxylic acids is 1. The molecule has 0 saturated heterocycles. The fourth-order valence-corrected chi connectivity index (χ4v) is 2.00. The van der Waals surface area contributed by atoms with Crippen molar-refractivity contribution in [3.8, 4) is 0 Å². The van der Waals surface area contributed by atoms with E-state index in [-0.39, 0.29) is 23.2 Å². The molecule has 7 nitrogen and oxygen atoms in total. The van der Waals surface area contributed by atoms with Gasteiger partial charge in [-0.25, -0.2) is 0 Å². The van der Waals surface area contributed by atoms with Crippen molar-refractivity contribution in [3.63, 3.8) is 0 Å². The molecule has 0 atom stereocenters. The van der Waals surface area contributed by atoms with Gasteiger partial charge in [0.25, 0.3) is 5.91 Å². The monoisotopic (exact) mass is 306 g/mol. The van der Waals surface area contributed by atoms with Crippen LogP contribution in [0.25, 0.3) is 0 Å². The van der Waals surface area contributed by atoms with Crippen LogP contribution in [0.2, 0.25) is 0 Å². The number of nitrogens with zero attached hydrogens (tertiary/aromatic N) is 4. The number of nitrogen functional groups attached to an aromatic ring is 2. The third kappa shape index (κ3) is 2.93. The molecular weight excluding hydrogens is 292 g/mol. The average molecular weight is 306 g/mol. The zero-order chi connectivity index (χ0) is 16.2. The van der Waals surface area contributed by atoms with Gasteiger partial charge < -0.3 is 11.5 Å². The molecule has 2 aromatic carbocycles. The maximum atomic E-state index is 12.4. The van der Waals surface area contributed by atoms with Crippen LogP contribution in [-0.4, -0.2) is 15.7 Å². The number of azo groups is 1. The van der Waals surface area contributed by atoms with Crippen LogP contribution >= 0.6 is 0 Å². The molecule has 1 heterocycles. The van der Waals surface area contributed by atoms with Crippen LogP contribution in [0.4, 0.5) is 23.0 Å². The first kappa shape index (κ1) is 14.5. The molecule has 0 spiro atoms. The summed E-state index contributed by atoms with van der Waals surface area (Å²) in [5.41, 5.74) is 13.0. The normalized spacial score (nSPS) is 11.0. The van der Waals surface area contributed by atoms with Crippen molar-refractivity contribution in [1.82, 2.24) is 9.78 Å². The smallest absolute Gasteiger partial charge is 0.280 e. The van der Waals surface area contributed by atoms with Gasteiger partial charge in [-0.15, -0.1) is 10.2 Å². The van der Waals surface area contributed by atoms with Gasteiger partial charge in [-0.1, -0.05) is 36.4 Å². The molecule has 0 fully saturated rings. The Morgan fingerprint density at radius 2 is 1.52 bits per heavy atom. The van der Waals surface area contributed by atoms with Crippen molar-refractivity contribution in [2.45, 2.75) is 0 Å². The van der Waals surface area contributed by atoms with Gasteiger partial charge in [0.05, 0.1) is 5.69 Å². The molecule has 0 radical (unpaired) electrons. The number of hydrogen-bond acceptors (Lipinski definition) is 6. The predicted molar refractivity (Wildman–Crippen MR) is 87.8 cm³/mol. The third-order valence-corrected chi connectivity index (χ3v) is 3.16. The van der Waals surface area contributed by atoms with E-state index in [2.05, 4.69) is 15.3 Å². The highest BCUT2D eigenvalue weighted by Crippen LogP contribution is 2.31. The highest BCUT2D eigenvalue weighted by molar-refractivity contribution is 5.99. The second-order valence-electron chi connectivity index (χ2n) is 4.74. The van der Waals surface area contributed by atoms with Crippen molar-refractivity contribution in [3.05, 3.63) is 66.2 Å². The summed E-state index contributed by atoms with van der Waals surface area (Å²) in [5, 5.41) is 12.0. The van der Waals surface area contributed by atoms with Crippen LogP contribution in [0.5, 0.6) is 0 Å². The lowest BCUT2D eigenvalue weighted by Gasteiger charge is -2.02. The average Bonchev–Trinajstić information content (AvgIpc) is 2.88. The summed E-state index contributed by atoms with van der Waals surface area (Å²) >= 11 is 0. The lowest BCUT2D eigenvalue weighted by molar-refractivity contribution is 0.0948. The minimum Gasteiger partial charge on any atom is -0.382 e. The van der Waals surface area contributed by atoms with Gasteiger partial charge in [-0.3, -0.25) is 4.79 Å². The Balaban J connectivity index is 1.94. The second-order valence-corrected chi connectivity index (χ2v) is 4.74. The highest BCUT2D eigenvalue weighted by Gasteiger charge is 2.19. The summed E-state index contributed by atoms with van der Waals surface area (Å²) in [7, 11) is 0. The Labute approximate surface area is 132 Å². The summed E-state index contributed by atoms with van der Waals surface area (Å²) < 4.78 is 1.03. The number of aromatic nitrogens is 2. The van der Waals surface area contributed by atoms with Crippen molar-refractivity contribution >= 4 is 28.9 Å². The van der Waals surface area contributed by atoms with E-state index in [9.17, 15) is 4.79 Å². The minimum atomic E-state index is -0.379. The molecule has 1 aromatic heterocycles. The van der Waals surface area contributed by atoms with Gasteiger partial charge in [-0.2, -0.15) is 9.80 Å². The highest BCUT2D eigenvalue weighted by atomic mass is 16.2. The topological polar surface area (TPSA) is 112 Å². The first-order valence-corrected chi connectivity index (χ1v) is 6.87. The van der Waals surface area contributed by atoms with Crippen LogP contribution < -0.4 is 11.5 Å². The lowest BCUT2D eigenvalue weighted by Crippen LogP contribution is -2.16. The number of benzene rings is 2. The van der Waals surface area contributed by atoms with Crippen molar-refractivity contribution in [2.24, 2.45) is 10.2 Å². The molecule has 0 aliphatic heterocycles. The van der Waals surface area contributed by atoms with Crippen molar-refractivity contribution < 1.29 is 4.79 Å². The molecule has 114 valence electrons. The molecule has 23 heavy (non-hydrogen) atoms. The molecule has 0 aliphatic carbocycles. The summed E-state index contributed by atoms with van der Waals surface area (Å²) in [6.45, 7) is 0. The Kier molecular flexibility index (Phi) is 3.84. The maximum Gasteiger partial charge on any atom is 0.280 e. The van der Waals surface area contributed by atoms with Gasteiger partial charge >= 0.3 is 0 Å². The maximum absolute atomic E-state index is 12.4. The van der Waals surface area contributed by atoms with Gasteiger partial charge in [0.2, 0.25) is 0 Å². The fraction of sp³-hybridized carbons (Fsp3) is 0. The largest absolute Gasteiger partial charge is 0.382 e. The summed E-state index contributed by atoms with van der Waals surface area (Å²) in [5.74, 6) is -0.279. The molecule has 0 bridgehead atoms. The minimum absolute atomic E-state index is 0.0477. The van der Waals surface area contributed by atoms with Crippen molar-refractivity contribution in [1.29, 1.82) is 0 Å². The molecule has 3 rings (SSSR count). The van der Waals surface area contributed by atoms with Crippen LogP contribution in [0.3, 0.4) is 0 Å². The summed E-state index contributed by atoms with van der Waals surface area (Å²) in [6, 6.07) is 17.8. The van der Waals surface area contributed by atoms with E-state index in [0.717, 1.165) is 4.68 Å². The summed E-state index contributed by atoms with van der Waals surface area (Å²) in [6.07, 6.45) is 0. The Hall–Kier alpha value is -3.48. The van der Waals surface area contributed by atoms with Crippen LogP contribution in [0.1, 0.15) is 10.4 Å². The standard InChI is InChI=1S/C16H14N6O/c17-14-13(20-19-12-9-5-2-6-10-12)15(18)22(21-14)16(23)11-7-3-1-4-8-11/h1-10H,18H2,(H2,17,21). The van der Waals surface area contributed by atoms with E-state index in [0.29, 0.717) is 11.3 Å². The molecule has 0 unspecified atom stereocenters. The van der Waals surface area contributed by atoms with Gasteiger partial charge in [0.1, 0.15) is 0 Å². The Bertz CT molecular complexity index is 855. The number of nitrogens with two attached hydrogens (primary N) is 2. The number of hydrogen-bond donors (Lipinski definition) is 2. The van der Waals surface area contributed by atoms with Crippen LogP contribution in [0.15, 0.2) is 70.9 Å². The van der Waals surface area contributed by atoms with Gasteiger partial charge in [0.15, 0.2) is 17.3 Å². The molecule has 0 amide bonds. The van der Waals surface area contributed by atoms with E-state index in [1.54, 1.807) is 36.4 Å². The first-order chi connectivity index (χ1) is 11.2. The Morgan fingerprint density at radius 1 is 0.913 bits per heavy atom. The Morgan fingerprint density at radius 3 is 2.17 bits per heavy atom. The molecular formula is C16H14N6O. The zero-order valence-electron chi connectivity index (χ0n) is 12.1. The van der Waals surface area contributed by atoms with E-state index in [1.165, 1.54) is 0 Å². The summed E-state index contributed by atoms with van der Waals surface area (Å²) in [4.78, 5) is 12.4. The van der Waals surface area contributed by atoms with E-state index >= 15 is 0 Å². The number of carbonyl (C=O) groups is 1. The second kappa shape index (κ2) is 6.10. The lowest BCUT2D eigenvalue weighted by atomic mass is 10.2. The van der Waals surface area contributed by atoms with Gasteiger partial charge in [0, 0.05) is 5.56 Å². The van der Waals surface area contributed by atoms with E-state index in [4.69, 9.17) is 11.5 Å². The van der Waals surface area contributed by atoms with Crippen LogP contribution in [-0.2, 0) is 0 Å². The quantitative estimate of drug-likeness (QED) is 0.724. The molecule has 7 heteroatoms. The SMILES string of the molecule is Nc1nn(C(=O)c2ccccc2)c(N)c1N=Nc1ccccc1.